The number of hydrogen-bond acceptors (Lipinski definition) is 1. The molecule has 0 heterocycles. The molecule has 0 saturated heterocycles. The first kappa shape index (κ1) is 16.2. The Bertz CT molecular complexity index is 407. The molecule has 0 bridgehead atoms. The number of alkyl halides is 1. The summed E-state index contributed by atoms with van der Waals surface area (Å²) in [5.41, 5.74) is 0.470. The fraction of sp³-hybridized carbons (Fsp3) is 0.533. The average Bonchev–Trinajstić information content (AvgIpc) is 2.41. The van der Waals surface area contributed by atoms with Gasteiger partial charge < -0.3 is 4.90 Å². The average molecular weight is 330 g/mol. The smallest absolute Gasteiger partial charge is 0.227 e. The molecule has 0 aliphatic rings. The molecule has 0 aliphatic heterocycles. The van der Waals surface area contributed by atoms with Gasteiger partial charge in [-0.25, -0.2) is 4.39 Å². The molecule has 0 N–H and O–H groups in total. The van der Waals surface area contributed by atoms with Gasteiger partial charge in [0.05, 0.1) is 6.42 Å². The van der Waals surface area contributed by atoms with E-state index in [0.717, 1.165) is 18.2 Å². The molecule has 1 aromatic rings. The fourth-order valence-corrected chi connectivity index (χ4v) is 2.62. The second-order valence-corrected chi connectivity index (χ2v) is 5.31. The van der Waals surface area contributed by atoms with Crippen LogP contribution in [0.25, 0.3) is 0 Å². The van der Waals surface area contributed by atoms with E-state index in [4.69, 9.17) is 0 Å². The molecule has 19 heavy (non-hydrogen) atoms. The first-order chi connectivity index (χ1) is 9.13. The minimum atomic E-state index is -0.306. The van der Waals surface area contributed by atoms with Crippen LogP contribution >= 0.6 is 15.9 Å². The van der Waals surface area contributed by atoms with Crippen molar-refractivity contribution in [3.8, 4) is 0 Å². The summed E-state index contributed by atoms with van der Waals surface area (Å²) in [5.74, 6) is -0.308. The topological polar surface area (TPSA) is 20.3 Å². The second-order valence-electron chi connectivity index (χ2n) is 4.51. The molecule has 2 nitrogen and oxygen atoms in total. The van der Waals surface area contributed by atoms with Crippen LogP contribution in [0.15, 0.2) is 24.3 Å². The van der Waals surface area contributed by atoms with E-state index in [0.29, 0.717) is 12.1 Å². The number of benzene rings is 1. The number of hydrogen-bond donors (Lipinski definition) is 0. The van der Waals surface area contributed by atoms with Crippen LogP contribution in [0.5, 0.6) is 0 Å². The fourth-order valence-electron chi connectivity index (χ4n) is 2.24. The first-order valence-corrected chi connectivity index (χ1v) is 7.85. The van der Waals surface area contributed by atoms with Crippen molar-refractivity contribution in [2.75, 3.05) is 11.9 Å². The second kappa shape index (κ2) is 8.31. The molecule has 0 radical (unpaired) electrons. The van der Waals surface area contributed by atoms with Gasteiger partial charge in [0.15, 0.2) is 0 Å². The highest BCUT2D eigenvalue weighted by Gasteiger charge is 2.21. The Hall–Kier alpha value is -0.900. The molecule has 1 amide bonds. The van der Waals surface area contributed by atoms with Gasteiger partial charge in [0, 0.05) is 17.9 Å². The monoisotopic (exact) mass is 329 g/mol. The SMILES string of the molecule is CCC(CC)N(CCBr)C(=O)Cc1ccccc1F. The molecular weight excluding hydrogens is 309 g/mol. The lowest BCUT2D eigenvalue weighted by molar-refractivity contribution is -0.132. The van der Waals surface area contributed by atoms with Crippen molar-refractivity contribution in [1.29, 1.82) is 0 Å². The summed E-state index contributed by atoms with van der Waals surface area (Å²) in [6.45, 7) is 4.82. The molecule has 0 aromatic heterocycles. The minimum Gasteiger partial charge on any atom is -0.339 e. The Morgan fingerprint density at radius 1 is 1.32 bits per heavy atom. The summed E-state index contributed by atoms with van der Waals surface area (Å²) in [6.07, 6.45) is 1.98. The summed E-state index contributed by atoms with van der Waals surface area (Å²) >= 11 is 3.38. The Morgan fingerprint density at radius 3 is 2.47 bits per heavy atom. The Morgan fingerprint density at radius 2 is 1.95 bits per heavy atom. The zero-order valence-electron chi connectivity index (χ0n) is 11.5. The molecule has 106 valence electrons. The number of carbonyl (C=O) groups is 1. The Balaban J connectivity index is 2.80. The van der Waals surface area contributed by atoms with E-state index in [1.807, 2.05) is 4.90 Å². The molecule has 1 aromatic carbocycles. The van der Waals surface area contributed by atoms with Crippen molar-refractivity contribution in [2.24, 2.45) is 0 Å². The van der Waals surface area contributed by atoms with E-state index in [2.05, 4.69) is 29.8 Å². The standard InChI is InChI=1S/C15H21BrFNO/c1-3-13(4-2)18(10-9-16)15(19)11-12-7-5-6-8-14(12)17/h5-8,13H,3-4,9-11H2,1-2H3. The molecule has 1 rings (SSSR count). The lowest BCUT2D eigenvalue weighted by Crippen LogP contribution is -2.41. The van der Waals surface area contributed by atoms with Gasteiger partial charge in [-0.05, 0) is 24.5 Å². The zero-order chi connectivity index (χ0) is 14.3. The van der Waals surface area contributed by atoms with Crippen molar-refractivity contribution in [3.05, 3.63) is 35.6 Å². The quantitative estimate of drug-likeness (QED) is 0.697. The van der Waals surface area contributed by atoms with Crippen molar-refractivity contribution in [1.82, 2.24) is 4.90 Å². The van der Waals surface area contributed by atoms with E-state index in [1.54, 1.807) is 18.2 Å². The Kier molecular flexibility index (Phi) is 7.06. The molecule has 0 spiro atoms. The van der Waals surface area contributed by atoms with Crippen LogP contribution in [0.2, 0.25) is 0 Å². The molecule has 0 unspecified atom stereocenters. The first-order valence-electron chi connectivity index (χ1n) is 6.72. The van der Waals surface area contributed by atoms with E-state index in [1.165, 1.54) is 6.07 Å². The van der Waals surface area contributed by atoms with Crippen LogP contribution in [-0.2, 0) is 11.2 Å². The van der Waals surface area contributed by atoms with Crippen LogP contribution < -0.4 is 0 Å². The van der Waals surface area contributed by atoms with Gasteiger partial charge in [0.1, 0.15) is 5.82 Å². The normalized spacial score (nSPS) is 10.8. The largest absolute Gasteiger partial charge is 0.339 e. The van der Waals surface area contributed by atoms with Gasteiger partial charge in [-0.2, -0.15) is 0 Å². The lowest BCUT2D eigenvalue weighted by Gasteiger charge is -2.30. The van der Waals surface area contributed by atoms with Gasteiger partial charge in [0.25, 0.3) is 0 Å². The molecule has 0 atom stereocenters. The van der Waals surface area contributed by atoms with E-state index in [9.17, 15) is 9.18 Å². The van der Waals surface area contributed by atoms with Gasteiger partial charge in [0.2, 0.25) is 5.91 Å². The highest BCUT2D eigenvalue weighted by molar-refractivity contribution is 9.09. The van der Waals surface area contributed by atoms with Crippen LogP contribution in [0.3, 0.4) is 0 Å². The van der Waals surface area contributed by atoms with Crippen molar-refractivity contribution >= 4 is 21.8 Å². The number of carbonyl (C=O) groups excluding carboxylic acids is 1. The predicted molar refractivity (Wildman–Crippen MR) is 80.0 cm³/mol. The van der Waals surface area contributed by atoms with Crippen molar-refractivity contribution in [2.45, 2.75) is 39.2 Å². The molecule has 0 saturated carbocycles. The maximum Gasteiger partial charge on any atom is 0.227 e. The molecule has 0 fully saturated rings. The maximum atomic E-state index is 13.6. The number of amides is 1. The van der Waals surface area contributed by atoms with E-state index >= 15 is 0 Å². The van der Waals surface area contributed by atoms with Gasteiger partial charge in [-0.1, -0.05) is 48.0 Å². The van der Waals surface area contributed by atoms with Crippen molar-refractivity contribution in [3.63, 3.8) is 0 Å². The van der Waals surface area contributed by atoms with Crippen molar-refractivity contribution < 1.29 is 9.18 Å². The lowest BCUT2D eigenvalue weighted by atomic mass is 10.1. The molecule has 0 aliphatic carbocycles. The highest BCUT2D eigenvalue weighted by Crippen LogP contribution is 2.14. The zero-order valence-corrected chi connectivity index (χ0v) is 13.1. The Labute approximate surface area is 123 Å². The summed E-state index contributed by atoms with van der Waals surface area (Å²) < 4.78 is 13.6. The third kappa shape index (κ3) is 4.60. The van der Waals surface area contributed by atoms with Crippen LogP contribution in [0.1, 0.15) is 32.3 Å². The summed E-state index contributed by atoms with van der Waals surface area (Å²) in [7, 11) is 0. The van der Waals surface area contributed by atoms with Gasteiger partial charge in [-0.3, -0.25) is 4.79 Å². The summed E-state index contributed by atoms with van der Waals surface area (Å²) in [4.78, 5) is 14.2. The molecular formula is C15H21BrFNO. The third-order valence-corrected chi connectivity index (χ3v) is 3.68. The van der Waals surface area contributed by atoms with Crippen LogP contribution in [0, 0.1) is 5.82 Å². The third-order valence-electron chi connectivity index (χ3n) is 3.33. The summed E-state index contributed by atoms with van der Waals surface area (Å²) in [5, 5.41) is 0.743. The minimum absolute atomic E-state index is 0.00162. The number of nitrogens with zero attached hydrogens (tertiary/aromatic N) is 1. The van der Waals surface area contributed by atoms with Crippen LogP contribution in [-0.4, -0.2) is 28.7 Å². The predicted octanol–water partition coefficient (Wildman–Crippen LogP) is 3.78. The van der Waals surface area contributed by atoms with E-state index in [-0.39, 0.29) is 24.2 Å². The highest BCUT2D eigenvalue weighted by atomic mass is 79.9. The summed E-state index contributed by atoms with van der Waals surface area (Å²) in [6, 6.07) is 6.70. The van der Waals surface area contributed by atoms with E-state index < -0.39 is 0 Å². The molecule has 4 heteroatoms. The van der Waals surface area contributed by atoms with Crippen LogP contribution in [0.4, 0.5) is 4.39 Å². The maximum absolute atomic E-state index is 13.6. The van der Waals surface area contributed by atoms with Gasteiger partial charge >= 0.3 is 0 Å². The van der Waals surface area contributed by atoms with Gasteiger partial charge in [-0.15, -0.1) is 0 Å². The number of halogens is 2. The number of rotatable bonds is 7.